The van der Waals surface area contributed by atoms with E-state index in [-0.39, 0.29) is 29.1 Å². The van der Waals surface area contributed by atoms with Crippen LogP contribution in [-0.4, -0.2) is 36.9 Å². The van der Waals surface area contributed by atoms with E-state index in [4.69, 9.17) is 14.2 Å². The van der Waals surface area contributed by atoms with Crippen molar-refractivity contribution in [2.45, 2.75) is 63.6 Å². The van der Waals surface area contributed by atoms with Crippen LogP contribution in [0, 0.1) is 17.3 Å². The molecule has 0 aromatic carbocycles. The highest BCUT2D eigenvalue weighted by atomic mass is 16.6. The molecule has 0 spiro atoms. The Balaban J connectivity index is 1.48. The van der Waals surface area contributed by atoms with Crippen molar-refractivity contribution in [2.24, 2.45) is 17.3 Å². The molecule has 4 bridgehead atoms. The topological polar surface area (TPSA) is 61.8 Å². The number of carbonyl (C=O) groups is 2. The highest BCUT2D eigenvalue weighted by molar-refractivity contribution is 5.86. The summed E-state index contributed by atoms with van der Waals surface area (Å²) in [6.45, 7) is 6.20. The number of cyclic esters (lactones) is 1. The van der Waals surface area contributed by atoms with Crippen LogP contribution in [0.25, 0.3) is 0 Å². The normalized spacial score (nSPS) is 42.9. The average Bonchev–Trinajstić information content (AvgIpc) is 2.87. The Morgan fingerprint density at radius 2 is 2.00 bits per heavy atom. The third-order valence-electron chi connectivity index (χ3n) is 6.23. The standard InChI is InChI=1S/C19H26O5/c1-12(2)17(21)23-11-18-5-13-3-14(6-18)8-19(7-13,10-18)24-15-4-16(20)22-9-15/h13-15H,1,3-11H2,2H3. The number of ether oxygens (including phenoxy) is 3. The Kier molecular flexibility index (Phi) is 3.75. The Bertz CT molecular complexity index is 566. The van der Waals surface area contributed by atoms with Gasteiger partial charge in [0.25, 0.3) is 0 Å². The molecule has 4 aliphatic carbocycles. The molecule has 0 aromatic rings. The molecule has 5 heteroatoms. The van der Waals surface area contributed by atoms with E-state index in [1.807, 2.05) is 0 Å². The van der Waals surface area contributed by atoms with Gasteiger partial charge >= 0.3 is 11.9 Å². The van der Waals surface area contributed by atoms with Gasteiger partial charge in [0.05, 0.1) is 18.6 Å². The largest absolute Gasteiger partial charge is 0.463 e. The SMILES string of the molecule is C=C(C)C(=O)OCC12CC3CC(C1)CC(OC1COC(=O)C1)(C3)C2. The summed E-state index contributed by atoms with van der Waals surface area (Å²) in [5.41, 5.74) is 0.337. The molecule has 0 radical (unpaired) electrons. The molecule has 1 saturated heterocycles. The molecular formula is C19H26O5. The molecule has 3 unspecified atom stereocenters. The van der Waals surface area contributed by atoms with Crippen molar-refractivity contribution < 1.29 is 23.8 Å². The Hall–Kier alpha value is -1.36. The first-order chi connectivity index (χ1) is 11.4. The van der Waals surface area contributed by atoms with Gasteiger partial charge in [-0.2, -0.15) is 0 Å². The van der Waals surface area contributed by atoms with Crippen LogP contribution < -0.4 is 0 Å². The van der Waals surface area contributed by atoms with Crippen LogP contribution >= 0.6 is 0 Å². The second kappa shape index (κ2) is 5.58. The van der Waals surface area contributed by atoms with E-state index in [0.29, 0.717) is 37.0 Å². The second-order valence-electron chi connectivity index (χ2n) is 8.63. The van der Waals surface area contributed by atoms with E-state index in [1.165, 1.54) is 6.42 Å². The molecule has 132 valence electrons. The average molecular weight is 334 g/mol. The van der Waals surface area contributed by atoms with Crippen LogP contribution in [0.2, 0.25) is 0 Å². The lowest BCUT2D eigenvalue weighted by Gasteiger charge is -2.61. The fraction of sp³-hybridized carbons (Fsp3) is 0.789. The van der Waals surface area contributed by atoms with Crippen molar-refractivity contribution >= 4 is 11.9 Å². The van der Waals surface area contributed by atoms with Gasteiger partial charge < -0.3 is 14.2 Å². The molecule has 24 heavy (non-hydrogen) atoms. The van der Waals surface area contributed by atoms with Crippen LogP contribution in [0.15, 0.2) is 12.2 Å². The minimum absolute atomic E-state index is 0.0403. The maximum absolute atomic E-state index is 11.8. The highest BCUT2D eigenvalue weighted by Gasteiger charge is 2.59. The van der Waals surface area contributed by atoms with E-state index in [9.17, 15) is 9.59 Å². The van der Waals surface area contributed by atoms with E-state index < -0.39 is 0 Å². The van der Waals surface area contributed by atoms with E-state index >= 15 is 0 Å². The summed E-state index contributed by atoms with van der Waals surface area (Å²) in [6, 6.07) is 0. The number of hydrogen-bond donors (Lipinski definition) is 0. The molecule has 0 aromatic heterocycles. The molecule has 4 saturated carbocycles. The quantitative estimate of drug-likeness (QED) is 0.571. The van der Waals surface area contributed by atoms with Crippen LogP contribution in [0.4, 0.5) is 0 Å². The van der Waals surface area contributed by atoms with Gasteiger partial charge in [-0.15, -0.1) is 0 Å². The van der Waals surface area contributed by atoms with Gasteiger partial charge in [0.1, 0.15) is 12.7 Å². The molecule has 1 aliphatic heterocycles. The lowest BCUT2D eigenvalue weighted by molar-refractivity contribution is -0.222. The zero-order valence-corrected chi connectivity index (χ0v) is 14.3. The number of rotatable bonds is 5. The first kappa shape index (κ1) is 16.1. The minimum atomic E-state index is -0.296. The zero-order valence-electron chi connectivity index (χ0n) is 14.3. The van der Waals surface area contributed by atoms with E-state index in [1.54, 1.807) is 6.92 Å². The van der Waals surface area contributed by atoms with E-state index in [0.717, 1.165) is 32.1 Å². The van der Waals surface area contributed by atoms with Crippen molar-refractivity contribution in [1.29, 1.82) is 0 Å². The van der Waals surface area contributed by atoms with Crippen LogP contribution in [0.1, 0.15) is 51.9 Å². The summed E-state index contributed by atoms with van der Waals surface area (Å²) in [5.74, 6) is 0.839. The molecule has 1 heterocycles. The maximum Gasteiger partial charge on any atom is 0.333 e. The first-order valence-electron chi connectivity index (χ1n) is 9.03. The molecule has 3 atom stereocenters. The summed E-state index contributed by atoms with van der Waals surface area (Å²) < 4.78 is 17.1. The number of hydrogen-bond acceptors (Lipinski definition) is 5. The van der Waals surface area contributed by atoms with Crippen LogP contribution in [0.3, 0.4) is 0 Å². The monoisotopic (exact) mass is 334 g/mol. The second-order valence-corrected chi connectivity index (χ2v) is 8.63. The molecule has 5 rings (SSSR count). The van der Waals surface area contributed by atoms with Crippen molar-refractivity contribution in [1.82, 2.24) is 0 Å². The van der Waals surface area contributed by atoms with Gasteiger partial charge in [0.2, 0.25) is 0 Å². The first-order valence-corrected chi connectivity index (χ1v) is 9.03. The molecule has 5 fully saturated rings. The molecule has 0 N–H and O–H groups in total. The molecule has 5 aliphatic rings. The minimum Gasteiger partial charge on any atom is -0.463 e. The maximum atomic E-state index is 11.8. The summed E-state index contributed by atoms with van der Waals surface area (Å²) in [6.07, 6.45) is 6.85. The Morgan fingerprint density at radius 1 is 1.29 bits per heavy atom. The molecule has 5 nitrogen and oxygen atoms in total. The summed E-state index contributed by atoms with van der Waals surface area (Å²) in [4.78, 5) is 23.2. The Labute approximate surface area is 142 Å². The third kappa shape index (κ3) is 2.87. The van der Waals surface area contributed by atoms with Crippen molar-refractivity contribution in [2.75, 3.05) is 13.2 Å². The molecular weight excluding hydrogens is 308 g/mol. The van der Waals surface area contributed by atoms with Crippen molar-refractivity contribution in [3.05, 3.63) is 12.2 Å². The van der Waals surface area contributed by atoms with Crippen LogP contribution in [0.5, 0.6) is 0 Å². The smallest absolute Gasteiger partial charge is 0.333 e. The Morgan fingerprint density at radius 3 is 2.58 bits per heavy atom. The predicted octanol–water partition coefficient (Wildman–Crippen LogP) is 2.78. The number of esters is 2. The van der Waals surface area contributed by atoms with Gasteiger partial charge in [-0.05, 0) is 57.3 Å². The van der Waals surface area contributed by atoms with Crippen molar-refractivity contribution in [3.63, 3.8) is 0 Å². The predicted molar refractivity (Wildman–Crippen MR) is 86.1 cm³/mol. The lowest BCUT2D eigenvalue weighted by Crippen LogP contribution is -2.59. The summed E-state index contributed by atoms with van der Waals surface area (Å²) in [5, 5.41) is 0. The molecule has 0 amide bonds. The lowest BCUT2D eigenvalue weighted by atomic mass is 9.48. The van der Waals surface area contributed by atoms with Gasteiger partial charge in [0.15, 0.2) is 0 Å². The van der Waals surface area contributed by atoms with E-state index in [2.05, 4.69) is 6.58 Å². The van der Waals surface area contributed by atoms with Gasteiger partial charge in [-0.1, -0.05) is 6.58 Å². The fourth-order valence-corrected chi connectivity index (χ4v) is 5.93. The fourth-order valence-electron chi connectivity index (χ4n) is 5.93. The van der Waals surface area contributed by atoms with Crippen LogP contribution in [-0.2, 0) is 23.8 Å². The van der Waals surface area contributed by atoms with Gasteiger partial charge in [-0.3, -0.25) is 4.79 Å². The summed E-state index contributed by atoms with van der Waals surface area (Å²) in [7, 11) is 0. The number of carbonyl (C=O) groups excluding carboxylic acids is 2. The third-order valence-corrected chi connectivity index (χ3v) is 6.23. The van der Waals surface area contributed by atoms with Crippen molar-refractivity contribution in [3.8, 4) is 0 Å². The van der Waals surface area contributed by atoms with Gasteiger partial charge in [-0.25, -0.2) is 4.79 Å². The van der Waals surface area contributed by atoms with Gasteiger partial charge in [0, 0.05) is 11.0 Å². The summed E-state index contributed by atoms with van der Waals surface area (Å²) >= 11 is 0. The zero-order chi connectivity index (χ0) is 16.9. The highest BCUT2D eigenvalue weighted by Crippen LogP contribution is 2.63.